The van der Waals surface area contributed by atoms with Crippen molar-refractivity contribution in [2.45, 2.75) is 51.1 Å². The summed E-state index contributed by atoms with van der Waals surface area (Å²) in [6.07, 6.45) is 1.13. The second-order valence-corrected chi connectivity index (χ2v) is 12.4. The van der Waals surface area contributed by atoms with E-state index in [1.54, 1.807) is 64.0 Å². The number of piperazine rings is 1. The Kier molecular flexibility index (Phi) is 8.51. The van der Waals surface area contributed by atoms with Crippen LogP contribution < -0.4 is 5.32 Å². The van der Waals surface area contributed by atoms with Crippen molar-refractivity contribution in [1.29, 1.82) is 0 Å². The van der Waals surface area contributed by atoms with Gasteiger partial charge in [0.15, 0.2) is 0 Å². The fraction of sp³-hybridized carbons (Fsp3) is 0.270. The molecule has 9 nitrogen and oxygen atoms in total. The van der Waals surface area contributed by atoms with Gasteiger partial charge in [-0.05, 0) is 53.4 Å². The van der Waals surface area contributed by atoms with E-state index in [9.17, 15) is 19.5 Å². The molecule has 6 rings (SSSR count). The molecule has 0 spiro atoms. The summed E-state index contributed by atoms with van der Waals surface area (Å²) < 4.78 is 0. The van der Waals surface area contributed by atoms with Crippen LogP contribution in [-0.4, -0.2) is 73.6 Å². The van der Waals surface area contributed by atoms with Gasteiger partial charge in [0.1, 0.15) is 23.5 Å². The van der Waals surface area contributed by atoms with Gasteiger partial charge in [0.25, 0.3) is 0 Å². The lowest BCUT2D eigenvalue weighted by molar-refractivity contribution is -0.213. The number of carbonyl (C=O) groups is 3. The molecule has 0 saturated carbocycles. The highest BCUT2D eigenvalue weighted by Crippen LogP contribution is 2.36. The first kappa shape index (κ1) is 30.9. The van der Waals surface area contributed by atoms with Crippen molar-refractivity contribution < 1.29 is 19.5 Å². The van der Waals surface area contributed by atoms with E-state index < -0.39 is 17.7 Å². The Morgan fingerprint density at radius 2 is 1.63 bits per heavy atom. The first-order valence-corrected chi connectivity index (χ1v) is 15.5. The van der Waals surface area contributed by atoms with Crippen molar-refractivity contribution >= 4 is 28.6 Å². The van der Waals surface area contributed by atoms with Gasteiger partial charge in [-0.25, -0.2) is 9.80 Å². The van der Waals surface area contributed by atoms with Crippen LogP contribution in [0.2, 0.25) is 0 Å². The van der Waals surface area contributed by atoms with Gasteiger partial charge in [-0.15, -0.1) is 6.58 Å². The average Bonchev–Trinajstić information content (AvgIpc) is 3.06. The Bertz CT molecular complexity index is 1750. The minimum atomic E-state index is -1.15. The summed E-state index contributed by atoms with van der Waals surface area (Å²) in [7, 11) is 0. The Morgan fingerprint density at radius 1 is 0.935 bits per heavy atom. The van der Waals surface area contributed by atoms with Crippen LogP contribution in [0.5, 0.6) is 5.75 Å². The summed E-state index contributed by atoms with van der Waals surface area (Å²) in [5.74, 6) is -0.317. The molecule has 0 bridgehead atoms. The number of hydrogen-bond donors (Lipinski definition) is 2. The summed E-state index contributed by atoms with van der Waals surface area (Å²) in [5.41, 5.74) is 1.56. The number of urea groups is 1. The van der Waals surface area contributed by atoms with Crippen LogP contribution in [0, 0.1) is 0 Å². The van der Waals surface area contributed by atoms with Gasteiger partial charge >= 0.3 is 6.03 Å². The SMILES string of the molecule is C=CCN1N(C(=O)NCc2ccccc2)C2CN(Cc3cccc4ccccc34)C(=O)C(Cc3ccc(O)cc3)N2C(=O)C1(C)C. The summed E-state index contributed by atoms with van der Waals surface area (Å²) in [6, 6.07) is 29.1. The topological polar surface area (TPSA) is 96.4 Å². The van der Waals surface area contributed by atoms with E-state index in [1.165, 1.54) is 0 Å². The highest BCUT2D eigenvalue weighted by atomic mass is 16.3. The predicted molar refractivity (Wildman–Crippen MR) is 177 cm³/mol. The highest BCUT2D eigenvalue weighted by molar-refractivity contribution is 5.95. The molecule has 0 aromatic heterocycles. The van der Waals surface area contributed by atoms with Crippen molar-refractivity contribution in [3.05, 3.63) is 126 Å². The predicted octanol–water partition coefficient (Wildman–Crippen LogP) is 5.06. The van der Waals surface area contributed by atoms with Crippen molar-refractivity contribution in [1.82, 2.24) is 25.1 Å². The second kappa shape index (κ2) is 12.7. The number of fused-ring (bicyclic) bond motifs is 2. The molecule has 4 aromatic carbocycles. The number of hydrogen-bond acceptors (Lipinski definition) is 5. The number of hydrazine groups is 1. The lowest BCUT2D eigenvalue weighted by Gasteiger charge is -2.60. The van der Waals surface area contributed by atoms with Gasteiger partial charge in [0.05, 0.1) is 6.54 Å². The van der Waals surface area contributed by atoms with E-state index in [0.29, 0.717) is 13.1 Å². The molecule has 2 fully saturated rings. The van der Waals surface area contributed by atoms with E-state index >= 15 is 0 Å². The number of benzene rings is 4. The molecule has 2 N–H and O–H groups in total. The number of rotatable bonds is 8. The van der Waals surface area contributed by atoms with Crippen LogP contribution in [0.4, 0.5) is 4.79 Å². The summed E-state index contributed by atoms with van der Waals surface area (Å²) in [5, 5.41) is 18.4. The van der Waals surface area contributed by atoms with E-state index in [-0.39, 0.29) is 43.1 Å². The molecule has 2 atom stereocenters. The van der Waals surface area contributed by atoms with Gasteiger partial charge in [0, 0.05) is 26.1 Å². The number of aromatic hydroxyl groups is 1. The maximum Gasteiger partial charge on any atom is 0.334 e. The minimum Gasteiger partial charge on any atom is -0.508 e. The lowest BCUT2D eigenvalue weighted by Crippen LogP contribution is -2.81. The van der Waals surface area contributed by atoms with Crippen molar-refractivity contribution in [3.63, 3.8) is 0 Å². The van der Waals surface area contributed by atoms with Crippen LogP contribution >= 0.6 is 0 Å². The van der Waals surface area contributed by atoms with Gasteiger partial charge < -0.3 is 20.2 Å². The normalized spacial score (nSPS) is 19.7. The number of phenols is 1. The van der Waals surface area contributed by atoms with Crippen LogP contribution in [0.3, 0.4) is 0 Å². The van der Waals surface area contributed by atoms with Crippen LogP contribution in [0.1, 0.15) is 30.5 Å². The third-order valence-electron chi connectivity index (χ3n) is 8.99. The standard InChI is InChI=1S/C37H39N5O4/c1-4-21-40-37(2,3)35(45)41-32(22-26-17-19-30(43)20-18-26)34(44)39(24-29-15-10-14-28-13-8-9-16-31(28)29)25-33(41)42(40)36(46)38-23-27-11-6-5-7-12-27/h4-20,32-33,43H,1,21-25H2,2-3H3,(H,38,46). The third kappa shape index (κ3) is 5.81. The molecule has 0 radical (unpaired) electrons. The Morgan fingerprint density at radius 3 is 2.37 bits per heavy atom. The van der Waals surface area contributed by atoms with E-state index in [1.807, 2.05) is 72.8 Å². The largest absolute Gasteiger partial charge is 0.508 e. The third-order valence-corrected chi connectivity index (χ3v) is 8.99. The summed E-state index contributed by atoms with van der Waals surface area (Å²) >= 11 is 0. The zero-order valence-electron chi connectivity index (χ0n) is 26.2. The lowest BCUT2D eigenvalue weighted by atomic mass is 9.92. The van der Waals surface area contributed by atoms with Gasteiger partial charge in [-0.3, -0.25) is 9.59 Å². The zero-order valence-corrected chi connectivity index (χ0v) is 26.2. The molecule has 0 aliphatic carbocycles. The van der Waals surface area contributed by atoms with E-state index in [2.05, 4.69) is 11.9 Å². The molecular formula is C37H39N5O4. The highest BCUT2D eigenvalue weighted by Gasteiger charge is 2.57. The molecule has 4 amide bonds. The smallest absolute Gasteiger partial charge is 0.334 e. The van der Waals surface area contributed by atoms with E-state index in [4.69, 9.17) is 0 Å². The van der Waals surface area contributed by atoms with Crippen molar-refractivity contribution in [2.24, 2.45) is 0 Å². The first-order valence-electron chi connectivity index (χ1n) is 15.5. The van der Waals surface area contributed by atoms with Crippen LogP contribution in [-0.2, 0) is 29.1 Å². The number of amides is 4. The number of nitrogens with zero attached hydrogens (tertiary/aromatic N) is 4. The van der Waals surface area contributed by atoms with Crippen molar-refractivity contribution in [3.8, 4) is 5.75 Å². The Balaban J connectivity index is 1.42. The van der Waals surface area contributed by atoms with Crippen molar-refractivity contribution in [2.75, 3.05) is 13.1 Å². The Hall–Kier alpha value is -5.15. The molecule has 4 aromatic rings. The number of nitrogens with one attached hydrogen (secondary N) is 1. The zero-order chi connectivity index (χ0) is 32.4. The second-order valence-electron chi connectivity index (χ2n) is 12.4. The molecule has 236 valence electrons. The maximum atomic E-state index is 14.5. The van der Waals surface area contributed by atoms with Gasteiger partial charge in [0.2, 0.25) is 11.8 Å². The molecule has 2 unspecified atom stereocenters. The average molecular weight is 618 g/mol. The van der Waals surface area contributed by atoms with Crippen LogP contribution in [0.25, 0.3) is 10.8 Å². The molecule has 46 heavy (non-hydrogen) atoms. The molecular weight excluding hydrogens is 578 g/mol. The monoisotopic (exact) mass is 617 g/mol. The molecule has 2 saturated heterocycles. The maximum absolute atomic E-state index is 14.5. The summed E-state index contributed by atoms with van der Waals surface area (Å²) in [6.45, 7) is 8.46. The molecule has 2 heterocycles. The number of phenolic OH excluding ortho intramolecular Hbond substituents is 1. The van der Waals surface area contributed by atoms with Gasteiger partial charge in [-0.2, -0.15) is 5.01 Å². The molecule has 2 aliphatic heterocycles. The molecule has 2 aliphatic rings. The fourth-order valence-electron chi connectivity index (χ4n) is 6.60. The quantitative estimate of drug-likeness (QED) is 0.270. The molecule has 9 heteroatoms. The Labute approximate surface area is 269 Å². The number of carbonyl (C=O) groups excluding carboxylic acids is 3. The van der Waals surface area contributed by atoms with Gasteiger partial charge in [-0.1, -0.05) is 91.0 Å². The fourth-order valence-corrected chi connectivity index (χ4v) is 6.60. The summed E-state index contributed by atoms with van der Waals surface area (Å²) in [4.78, 5) is 46.5. The van der Waals surface area contributed by atoms with Crippen LogP contribution in [0.15, 0.2) is 110 Å². The van der Waals surface area contributed by atoms with E-state index in [0.717, 1.165) is 27.5 Å². The first-order chi connectivity index (χ1) is 22.2. The minimum absolute atomic E-state index is 0.116.